The van der Waals surface area contributed by atoms with E-state index in [1.54, 1.807) is 24.3 Å². The molecule has 0 aliphatic carbocycles. The Kier molecular flexibility index (Phi) is 4.93. The van der Waals surface area contributed by atoms with Crippen molar-refractivity contribution >= 4 is 22.6 Å². The summed E-state index contributed by atoms with van der Waals surface area (Å²) in [6.07, 6.45) is 1.42. The topological polar surface area (TPSA) is 104 Å². The number of nitrogens with zero attached hydrogens (tertiary/aromatic N) is 3. The van der Waals surface area contributed by atoms with Crippen LogP contribution in [-0.2, 0) is 18.9 Å². The average molecular weight is 370 g/mol. The van der Waals surface area contributed by atoms with E-state index in [0.717, 1.165) is 4.57 Å². The third kappa shape index (κ3) is 3.52. The molecule has 0 spiro atoms. The summed E-state index contributed by atoms with van der Waals surface area (Å²) in [6.45, 7) is -0.261. The van der Waals surface area contributed by atoms with Gasteiger partial charge in [-0.2, -0.15) is 0 Å². The second kappa shape index (κ2) is 7.32. The van der Waals surface area contributed by atoms with Gasteiger partial charge in [-0.15, -0.1) is 0 Å². The van der Waals surface area contributed by atoms with Gasteiger partial charge in [0.25, 0.3) is 11.5 Å². The van der Waals surface area contributed by atoms with E-state index < -0.39 is 17.2 Å². The Labute approximate surface area is 153 Å². The maximum absolute atomic E-state index is 12.5. The van der Waals surface area contributed by atoms with Crippen molar-refractivity contribution in [2.24, 2.45) is 14.1 Å². The molecule has 0 unspecified atom stereocenters. The summed E-state index contributed by atoms with van der Waals surface area (Å²) in [5.74, 6) is 0.626. The first-order valence-electron chi connectivity index (χ1n) is 8.04. The van der Waals surface area contributed by atoms with Crippen molar-refractivity contribution in [2.75, 3.05) is 19.0 Å². The molecule has 2 heterocycles. The van der Waals surface area contributed by atoms with Gasteiger partial charge in [-0.25, -0.2) is 9.78 Å². The lowest BCUT2D eigenvalue weighted by Crippen LogP contribution is -2.37. The quantitative estimate of drug-likeness (QED) is 0.707. The molecule has 9 heteroatoms. The van der Waals surface area contributed by atoms with E-state index in [-0.39, 0.29) is 23.3 Å². The van der Waals surface area contributed by atoms with Gasteiger partial charge < -0.3 is 14.8 Å². The number of fused-ring (bicyclic) bond motifs is 1. The number of hydrogen-bond acceptors (Lipinski definition) is 6. The number of benzene rings is 1. The Bertz CT molecular complexity index is 1130. The van der Waals surface area contributed by atoms with Crippen LogP contribution in [0.4, 0.5) is 5.69 Å². The van der Waals surface area contributed by atoms with Crippen molar-refractivity contribution in [1.29, 1.82) is 0 Å². The molecule has 0 saturated carbocycles. The van der Waals surface area contributed by atoms with Crippen LogP contribution in [0, 0.1) is 0 Å². The summed E-state index contributed by atoms with van der Waals surface area (Å²) < 4.78 is 12.8. The molecule has 1 N–H and O–H groups in total. The fourth-order valence-electron chi connectivity index (χ4n) is 2.62. The van der Waals surface area contributed by atoms with Crippen molar-refractivity contribution in [3.63, 3.8) is 0 Å². The van der Waals surface area contributed by atoms with Gasteiger partial charge in [0.2, 0.25) is 0 Å². The number of anilines is 1. The number of hydrogen-bond donors (Lipinski definition) is 1. The van der Waals surface area contributed by atoms with Crippen LogP contribution < -0.4 is 26.0 Å². The molecule has 1 aromatic carbocycles. The molecule has 0 atom stereocenters. The molecule has 0 saturated heterocycles. The summed E-state index contributed by atoms with van der Waals surface area (Å²) in [4.78, 5) is 40.8. The molecule has 9 nitrogen and oxygen atoms in total. The number of pyridine rings is 1. The summed E-state index contributed by atoms with van der Waals surface area (Å²) in [5.41, 5.74) is -0.583. The largest absolute Gasteiger partial charge is 0.497 e. The zero-order chi connectivity index (χ0) is 19.6. The molecule has 2 aromatic heterocycles. The Morgan fingerprint density at radius 1 is 1.15 bits per heavy atom. The molecule has 1 amide bonds. The van der Waals surface area contributed by atoms with Gasteiger partial charge in [0.05, 0.1) is 12.8 Å². The number of aromatic nitrogens is 3. The lowest BCUT2D eigenvalue weighted by Gasteiger charge is -2.12. The monoisotopic (exact) mass is 370 g/mol. The fourth-order valence-corrected chi connectivity index (χ4v) is 2.62. The summed E-state index contributed by atoms with van der Waals surface area (Å²) in [6, 6.07) is 8.35. The number of aryl methyl sites for hydroxylation is 1. The smallest absolute Gasteiger partial charge is 0.332 e. The Balaban J connectivity index is 1.85. The highest BCUT2D eigenvalue weighted by Crippen LogP contribution is 2.19. The van der Waals surface area contributed by atoms with Gasteiger partial charge >= 0.3 is 5.69 Å². The van der Waals surface area contributed by atoms with Crippen LogP contribution in [0.25, 0.3) is 11.0 Å². The lowest BCUT2D eigenvalue weighted by atomic mass is 10.2. The summed E-state index contributed by atoms with van der Waals surface area (Å²) in [7, 11) is 4.41. The standard InChI is InChI=1S/C18H18N4O5/c1-21-16-15(17(24)22(2)18(21)25)13(7-8-19-16)20-14(23)10-27-12-6-4-5-11(9-12)26-3/h4-9H,10H2,1-3H3,(H,19,20,23). The summed E-state index contributed by atoms with van der Waals surface area (Å²) in [5, 5.41) is 2.78. The first-order valence-corrected chi connectivity index (χ1v) is 8.04. The zero-order valence-electron chi connectivity index (χ0n) is 15.1. The lowest BCUT2D eigenvalue weighted by molar-refractivity contribution is -0.118. The highest BCUT2D eigenvalue weighted by Gasteiger charge is 2.15. The molecule has 27 heavy (non-hydrogen) atoms. The van der Waals surface area contributed by atoms with Crippen LogP contribution in [0.2, 0.25) is 0 Å². The van der Waals surface area contributed by atoms with Gasteiger partial charge in [0.1, 0.15) is 16.9 Å². The SMILES string of the molecule is COc1cccc(OCC(=O)Nc2ccnc3c2c(=O)n(C)c(=O)n3C)c1. The van der Waals surface area contributed by atoms with E-state index in [0.29, 0.717) is 11.5 Å². The normalized spacial score (nSPS) is 10.6. The van der Waals surface area contributed by atoms with Crippen molar-refractivity contribution in [2.45, 2.75) is 0 Å². The van der Waals surface area contributed by atoms with E-state index in [1.807, 2.05) is 0 Å². The van der Waals surface area contributed by atoms with Crippen LogP contribution in [0.5, 0.6) is 11.5 Å². The Morgan fingerprint density at radius 2 is 1.89 bits per heavy atom. The fraction of sp³-hybridized carbons (Fsp3) is 0.222. The van der Waals surface area contributed by atoms with Crippen LogP contribution in [0.15, 0.2) is 46.1 Å². The van der Waals surface area contributed by atoms with E-state index in [4.69, 9.17) is 9.47 Å². The molecule has 0 bridgehead atoms. The molecule has 140 valence electrons. The third-order valence-electron chi connectivity index (χ3n) is 4.03. The number of nitrogens with one attached hydrogen (secondary N) is 1. The molecule has 0 aliphatic rings. The second-order valence-corrected chi connectivity index (χ2v) is 5.78. The van der Waals surface area contributed by atoms with Crippen LogP contribution >= 0.6 is 0 Å². The van der Waals surface area contributed by atoms with Crippen LogP contribution in [-0.4, -0.2) is 33.7 Å². The molecular weight excluding hydrogens is 352 g/mol. The maximum Gasteiger partial charge on any atom is 0.332 e. The molecule has 3 aromatic rings. The first-order chi connectivity index (χ1) is 12.9. The van der Waals surface area contributed by atoms with E-state index in [1.165, 1.54) is 38.0 Å². The van der Waals surface area contributed by atoms with E-state index in [9.17, 15) is 14.4 Å². The van der Waals surface area contributed by atoms with Gasteiger partial charge in [0, 0.05) is 26.4 Å². The van der Waals surface area contributed by atoms with Crippen molar-refractivity contribution < 1.29 is 14.3 Å². The highest BCUT2D eigenvalue weighted by molar-refractivity contribution is 6.00. The molecular formula is C18H18N4O5. The minimum absolute atomic E-state index is 0.150. The molecule has 0 radical (unpaired) electrons. The predicted octanol–water partition coefficient (Wildman–Crippen LogP) is 0.658. The van der Waals surface area contributed by atoms with Crippen LogP contribution in [0.1, 0.15) is 0 Å². The van der Waals surface area contributed by atoms with Gasteiger partial charge in [-0.1, -0.05) is 6.07 Å². The number of carbonyl (C=O) groups is 1. The first kappa shape index (κ1) is 18.2. The average Bonchev–Trinajstić information content (AvgIpc) is 2.69. The van der Waals surface area contributed by atoms with Gasteiger partial charge in [-0.05, 0) is 18.2 Å². The molecule has 0 fully saturated rings. The number of ether oxygens (including phenoxy) is 2. The highest BCUT2D eigenvalue weighted by atomic mass is 16.5. The summed E-state index contributed by atoms with van der Waals surface area (Å²) >= 11 is 0. The van der Waals surface area contributed by atoms with E-state index >= 15 is 0 Å². The van der Waals surface area contributed by atoms with Gasteiger partial charge in [0.15, 0.2) is 12.3 Å². The minimum Gasteiger partial charge on any atom is -0.497 e. The number of amides is 1. The second-order valence-electron chi connectivity index (χ2n) is 5.78. The predicted molar refractivity (Wildman–Crippen MR) is 99.3 cm³/mol. The van der Waals surface area contributed by atoms with Gasteiger partial charge in [-0.3, -0.25) is 18.7 Å². The number of methoxy groups -OCH3 is 1. The molecule has 0 aliphatic heterocycles. The Morgan fingerprint density at radius 3 is 2.63 bits per heavy atom. The van der Waals surface area contributed by atoms with Crippen LogP contribution in [0.3, 0.4) is 0 Å². The molecule has 3 rings (SSSR count). The minimum atomic E-state index is -0.537. The Hall–Kier alpha value is -3.62. The third-order valence-corrected chi connectivity index (χ3v) is 4.03. The maximum atomic E-state index is 12.5. The number of rotatable bonds is 5. The van der Waals surface area contributed by atoms with Crippen molar-refractivity contribution in [3.05, 3.63) is 57.4 Å². The van der Waals surface area contributed by atoms with Crippen molar-refractivity contribution in [1.82, 2.24) is 14.1 Å². The zero-order valence-corrected chi connectivity index (χ0v) is 15.1. The van der Waals surface area contributed by atoms with Crippen molar-refractivity contribution in [3.8, 4) is 11.5 Å². The van der Waals surface area contributed by atoms with E-state index in [2.05, 4.69) is 10.3 Å². The number of carbonyl (C=O) groups excluding carboxylic acids is 1.